The maximum atomic E-state index is 11.7. The molecule has 2 rings (SSSR count). The number of esters is 1. The molecule has 0 unspecified atom stereocenters. The lowest BCUT2D eigenvalue weighted by atomic mass is 10.3. The number of carbonyl (C=O) groups is 2. The molecular formula is C12H7ClN2O4. The van der Waals surface area contributed by atoms with E-state index in [1.54, 1.807) is 12.1 Å². The van der Waals surface area contributed by atoms with Crippen LogP contribution in [0.1, 0.15) is 21.0 Å². The summed E-state index contributed by atoms with van der Waals surface area (Å²) in [4.78, 5) is 29.7. The highest BCUT2D eigenvalue weighted by Crippen LogP contribution is 2.18. The number of aromatic nitrogens is 2. The predicted octanol–water partition coefficient (Wildman–Crippen LogP) is 2.05. The van der Waals surface area contributed by atoms with E-state index in [9.17, 15) is 9.59 Å². The third kappa shape index (κ3) is 3.26. The molecule has 2 aromatic rings. The molecule has 0 bridgehead atoms. The summed E-state index contributed by atoms with van der Waals surface area (Å²) in [6, 6.07) is 6.24. The molecule has 19 heavy (non-hydrogen) atoms. The molecular weight excluding hydrogens is 272 g/mol. The van der Waals surface area contributed by atoms with Crippen LogP contribution in [0.3, 0.4) is 0 Å². The van der Waals surface area contributed by atoms with Gasteiger partial charge in [-0.25, -0.2) is 14.6 Å². The van der Waals surface area contributed by atoms with Crippen LogP contribution >= 0.6 is 11.6 Å². The lowest BCUT2D eigenvalue weighted by molar-refractivity contribution is 0.0689. The summed E-state index contributed by atoms with van der Waals surface area (Å²) in [6.45, 7) is 0. The van der Waals surface area contributed by atoms with E-state index in [1.165, 1.54) is 12.1 Å². The lowest BCUT2D eigenvalue weighted by Gasteiger charge is -2.04. The number of aromatic carboxylic acids is 1. The summed E-state index contributed by atoms with van der Waals surface area (Å²) < 4.78 is 5.00. The average molecular weight is 279 g/mol. The van der Waals surface area contributed by atoms with Crippen LogP contribution in [0.4, 0.5) is 0 Å². The Balaban J connectivity index is 2.20. The minimum absolute atomic E-state index is 0.195. The van der Waals surface area contributed by atoms with Crippen molar-refractivity contribution >= 4 is 23.5 Å². The number of carbonyl (C=O) groups excluding carboxylic acids is 1. The van der Waals surface area contributed by atoms with Gasteiger partial charge in [-0.3, -0.25) is 4.98 Å². The third-order valence-corrected chi connectivity index (χ3v) is 2.30. The molecule has 7 heteroatoms. The van der Waals surface area contributed by atoms with Crippen molar-refractivity contribution in [2.45, 2.75) is 0 Å². The molecule has 0 radical (unpaired) electrons. The Morgan fingerprint density at radius 3 is 2.63 bits per heavy atom. The van der Waals surface area contributed by atoms with Crippen molar-refractivity contribution in [2.75, 3.05) is 0 Å². The smallest absolute Gasteiger partial charge is 0.363 e. The first-order valence-corrected chi connectivity index (χ1v) is 5.47. The van der Waals surface area contributed by atoms with Crippen molar-refractivity contribution in [3.8, 4) is 5.75 Å². The van der Waals surface area contributed by atoms with Gasteiger partial charge in [0.1, 0.15) is 5.75 Å². The van der Waals surface area contributed by atoms with Crippen molar-refractivity contribution in [3.05, 3.63) is 53.1 Å². The fourth-order valence-corrected chi connectivity index (χ4v) is 1.44. The fourth-order valence-electron chi connectivity index (χ4n) is 1.26. The molecule has 1 aromatic carbocycles. The number of ether oxygens (including phenoxy) is 1. The summed E-state index contributed by atoms with van der Waals surface area (Å²) in [5.41, 5.74) is -0.527. The van der Waals surface area contributed by atoms with E-state index in [0.29, 0.717) is 5.02 Å². The van der Waals surface area contributed by atoms with Crippen LogP contribution in [-0.4, -0.2) is 27.0 Å². The van der Waals surface area contributed by atoms with Crippen LogP contribution in [0.5, 0.6) is 5.75 Å². The second-order valence-corrected chi connectivity index (χ2v) is 3.88. The van der Waals surface area contributed by atoms with Gasteiger partial charge in [0, 0.05) is 5.02 Å². The molecule has 0 aliphatic rings. The molecule has 1 N–H and O–H groups in total. The number of rotatable bonds is 3. The van der Waals surface area contributed by atoms with Gasteiger partial charge in [-0.05, 0) is 18.2 Å². The lowest BCUT2D eigenvalue weighted by Crippen LogP contribution is -2.13. The zero-order valence-corrected chi connectivity index (χ0v) is 10.2. The second kappa shape index (κ2) is 5.45. The zero-order valence-electron chi connectivity index (χ0n) is 9.41. The molecule has 96 valence electrons. The summed E-state index contributed by atoms with van der Waals surface area (Å²) >= 11 is 5.74. The van der Waals surface area contributed by atoms with Crippen LogP contribution in [0.15, 0.2) is 36.7 Å². The number of hydrogen-bond acceptors (Lipinski definition) is 5. The second-order valence-electron chi connectivity index (χ2n) is 3.44. The normalized spacial score (nSPS) is 9.95. The number of halogens is 1. The molecule has 6 nitrogen and oxygen atoms in total. The highest BCUT2D eigenvalue weighted by Gasteiger charge is 2.14. The first kappa shape index (κ1) is 13.0. The van der Waals surface area contributed by atoms with Gasteiger partial charge in [0.15, 0.2) is 11.4 Å². The zero-order chi connectivity index (χ0) is 13.8. The Labute approximate surface area is 112 Å². The van der Waals surface area contributed by atoms with Gasteiger partial charge >= 0.3 is 11.9 Å². The summed E-state index contributed by atoms with van der Waals surface area (Å²) in [7, 11) is 0. The van der Waals surface area contributed by atoms with Crippen LogP contribution < -0.4 is 4.74 Å². The Morgan fingerprint density at radius 1 is 1.21 bits per heavy atom. The standard InChI is InChI=1S/C12H7ClN2O4/c13-7-2-1-3-8(4-7)19-12(18)10-6-14-5-9(15-10)11(16)17/h1-6H,(H,16,17). The first-order valence-electron chi connectivity index (χ1n) is 5.09. The summed E-state index contributed by atoms with van der Waals surface area (Å²) in [5, 5.41) is 9.16. The molecule has 0 aliphatic carbocycles. The van der Waals surface area contributed by atoms with E-state index < -0.39 is 11.9 Å². The number of hydrogen-bond donors (Lipinski definition) is 1. The monoisotopic (exact) mass is 278 g/mol. The average Bonchev–Trinajstić information content (AvgIpc) is 2.39. The number of carboxylic acids is 1. The molecule has 0 amide bonds. The number of carboxylic acid groups (broad SMARTS) is 1. The van der Waals surface area contributed by atoms with Crippen molar-refractivity contribution < 1.29 is 19.4 Å². The molecule has 0 atom stereocenters. The van der Waals surface area contributed by atoms with Crippen LogP contribution in [-0.2, 0) is 0 Å². The van der Waals surface area contributed by atoms with E-state index >= 15 is 0 Å². The quantitative estimate of drug-likeness (QED) is 0.683. The molecule has 0 fully saturated rings. The third-order valence-electron chi connectivity index (χ3n) is 2.07. The summed E-state index contributed by atoms with van der Waals surface area (Å²) in [6.07, 6.45) is 2.16. The van der Waals surface area contributed by atoms with E-state index in [1.807, 2.05) is 0 Å². The van der Waals surface area contributed by atoms with E-state index in [2.05, 4.69) is 9.97 Å². The largest absolute Gasteiger partial charge is 0.476 e. The number of benzene rings is 1. The summed E-state index contributed by atoms with van der Waals surface area (Å²) in [5.74, 6) is -1.84. The molecule has 0 aliphatic heterocycles. The van der Waals surface area contributed by atoms with E-state index in [0.717, 1.165) is 12.4 Å². The van der Waals surface area contributed by atoms with Crippen LogP contribution in [0.2, 0.25) is 5.02 Å². The molecule has 0 saturated heterocycles. The predicted molar refractivity (Wildman–Crippen MR) is 65.4 cm³/mol. The van der Waals surface area contributed by atoms with E-state index in [4.69, 9.17) is 21.4 Å². The minimum Gasteiger partial charge on any atom is -0.476 e. The van der Waals surface area contributed by atoms with Gasteiger partial charge in [-0.2, -0.15) is 0 Å². The maximum Gasteiger partial charge on any atom is 0.363 e. The van der Waals surface area contributed by atoms with Crippen molar-refractivity contribution in [1.29, 1.82) is 0 Å². The topological polar surface area (TPSA) is 89.4 Å². The van der Waals surface area contributed by atoms with Crippen molar-refractivity contribution in [3.63, 3.8) is 0 Å². The van der Waals surface area contributed by atoms with Gasteiger partial charge in [0.25, 0.3) is 0 Å². The molecule has 1 aromatic heterocycles. The maximum absolute atomic E-state index is 11.7. The van der Waals surface area contributed by atoms with Crippen molar-refractivity contribution in [1.82, 2.24) is 9.97 Å². The highest BCUT2D eigenvalue weighted by molar-refractivity contribution is 6.30. The Kier molecular flexibility index (Phi) is 3.72. The molecule has 1 heterocycles. The first-order chi connectivity index (χ1) is 9.06. The Bertz CT molecular complexity index is 645. The highest BCUT2D eigenvalue weighted by atomic mass is 35.5. The fraction of sp³-hybridized carbons (Fsp3) is 0. The van der Waals surface area contributed by atoms with Gasteiger partial charge in [0.2, 0.25) is 0 Å². The molecule has 0 spiro atoms. The van der Waals surface area contributed by atoms with Gasteiger partial charge in [0.05, 0.1) is 12.4 Å². The Hall–Kier alpha value is -2.47. The van der Waals surface area contributed by atoms with Crippen molar-refractivity contribution in [2.24, 2.45) is 0 Å². The molecule has 0 saturated carbocycles. The van der Waals surface area contributed by atoms with Crippen LogP contribution in [0.25, 0.3) is 0 Å². The van der Waals surface area contributed by atoms with Gasteiger partial charge < -0.3 is 9.84 Å². The van der Waals surface area contributed by atoms with E-state index in [-0.39, 0.29) is 17.1 Å². The Morgan fingerprint density at radius 2 is 1.95 bits per heavy atom. The van der Waals surface area contributed by atoms with Gasteiger partial charge in [-0.15, -0.1) is 0 Å². The number of nitrogens with zero attached hydrogens (tertiary/aromatic N) is 2. The van der Waals surface area contributed by atoms with Crippen LogP contribution in [0, 0.1) is 0 Å². The minimum atomic E-state index is -1.27. The van der Waals surface area contributed by atoms with Gasteiger partial charge in [-0.1, -0.05) is 17.7 Å². The SMILES string of the molecule is O=C(O)c1cncc(C(=O)Oc2cccc(Cl)c2)n1.